The number of amides is 1. The van der Waals surface area contributed by atoms with Crippen LogP contribution in [0.5, 0.6) is 0 Å². The summed E-state index contributed by atoms with van der Waals surface area (Å²) in [5, 5.41) is 9.56. The first-order valence-electron chi connectivity index (χ1n) is 6.06. The molecule has 106 valence electrons. The molecule has 1 aliphatic heterocycles. The van der Waals surface area contributed by atoms with Gasteiger partial charge in [0.15, 0.2) is 5.82 Å². The molecule has 1 aromatic rings. The Labute approximate surface area is 109 Å². The standard InChI is InChI=1S/C11H16F2N4O2/c12-9(13)6-17-3-1-10(16-17)15-11(18)5-8-7-19-4-2-14-8/h1,3,8-9,14H,2,4-7H2,(H,15,16,18). The number of ether oxygens (including phenoxy) is 1. The maximum Gasteiger partial charge on any atom is 0.257 e. The molecule has 2 rings (SSSR count). The van der Waals surface area contributed by atoms with E-state index in [0.717, 1.165) is 11.2 Å². The zero-order valence-electron chi connectivity index (χ0n) is 10.3. The van der Waals surface area contributed by atoms with E-state index in [-0.39, 0.29) is 24.2 Å². The van der Waals surface area contributed by atoms with Crippen LogP contribution in [0.4, 0.5) is 14.6 Å². The molecule has 0 aromatic carbocycles. The van der Waals surface area contributed by atoms with Crippen molar-refractivity contribution in [1.29, 1.82) is 0 Å². The molecule has 1 amide bonds. The van der Waals surface area contributed by atoms with Crippen LogP contribution in [0.1, 0.15) is 6.42 Å². The number of halogens is 2. The molecule has 1 unspecified atom stereocenters. The zero-order chi connectivity index (χ0) is 13.7. The summed E-state index contributed by atoms with van der Waals surface area (Å²) < 4.78 is 30.6. The fourth-order valence-electron chi connectivity index (χ4n) is 1.84. The summed E-state index contributed by atoms with van der Waals surface area (Å²) in [5.74, 6) is 0.0627. The quantitative estimate of drug-likeness (QED) is 0.819. The molecule has 1 fully saturated rings. The second-order valence-electron chi connectivity index (χ2n) is 4.29. The Hall–Kier alpha value is -1.54. The van der Waals surface area contributed by atoms with Gasteiger partial charge in [0.25, 0.3) is 6.43 Å². The fourth-order valence-corrected chi connectivity index (χ4v) is 1.84. The lowest BCUT2D eigenvalue weighted by molar-refractivity contribution is -0.117. The first-order chi connectivity index (χ1) is 9.13. The van der Waals surface area contributed by atoms with Gasteiger partial charge in [-0.3, -0.25) is 9.48 Å². The van der Waals surface area contributed by atoms with Crippen LogP contribution in [-0.4, -0.2) is 47.9 Å². The van der Waals surface area contributed by atoms with Gasteiger partial charge >= 0.3 is 0 Å². The summed E-state index contributed by atoms with van der Waals surface area (Å²) in [7, 11) is 0. The number of alkyl halides is 2. The van der Waals surface area contributed by atoms with Crippen molar-refractivity contribution in [1.82, 2.24) is 15.1 Å². The average molecular weight is 274 g/mol. The summed E-state index contributed by atoms with van der Waals surface area (Å²) in [6, 6.07) is 1.47. The monoisotopic (exact) mass is 274 g/mol. The van der Waals surface area contributed by atoms with Gasteiger partial charge in [0.2, 0.25) is 5.91 Å². The first-order valence-corrected chi connectivity index (χ1v) is 6.06. The minimum absolute atomic E-state index is 0.0168. The maximum atomic E-state index is 12.1. The van der Waals surface area contributed by atoms with Crippen molar-refractivity contribution >= 4 is 11.7 Å². The van der Waals surface area contributed by atoms with Crippen molar-refractivity contribution < 1.29 is 18.3 Å². The van der Waals surface area contributed by atoms with Crippen LogP contribution in [-0.2, 0) is 16.1 Å². The van der Waals surface area contributed by atoms with Crippen molar-refractivity contribution in [3.63, 3.8) is 0 Å². The first kappa shape index (κ1) is 13.9. The molecule has 0 radical (unpaired) electrons. The molecule has 1 atom stereocenters. The Morgan fingerprint density at radius 3 is 3.21 bits per heavy atom. The number of hydrogen-bond donors (Lipinski definition) is 2. The van der Waals surface area contributed by atoms with E-state index in [9.17, 15) is 13.6 Å². The van der Waals surface area contributed by atoms with Crippen LogP contribution >= 0.6 is 0 Å². The molecule has 2 heterocycles. The van der Waals surface area contributed by atoms with Gasteiger partial charge in [-0.05, 0) is 0 Å². The van der Waals surface area contributed by atoms with E-state index in [0.29, 0.717) is 13.2 Å². The Balaban J connectivity index is 1.79. The molecule has 0 aliphatic carbocycles. The summed E-state index contributed by atoms with van der Waals surface area (Å²) in [6.07, 6.45) is -0.794. The summed E-state index contributed by atoms with van der Waals surface area (Å²) >= 11 is 0. The number of carbonyl (C=O) groups is 1. The number of hydrogen-bond acceptors (Lipinski definition) is 4. The predicted molar refractivity (Wildman–Crippen MR) is 64.1 cm³/mol. The third-order valence-electron chi connectivity index (χ3n) is 2.66. The lowest BCUT2D eigenvalue weighted by Crippen LogP contribution is -2.43. The lowest BCUT2D eigenvalue weighted by Gasteiger charge is -2.22. The van der Waals surface area contributed by atoms with Crippen molar-refractivity contribution in [2.24, 2.45) is 0 Å². The largest absolute Gasteiger partial charge is 0.378 e. The number of anilines is 1. The molecule has 2 N–H and O–H groups in total. The molecule has 0 spiro atoms. The Morgan fingerprint density at radius 1 is 1.68 bits per heavy atom. The molecule has 19 heavy (non-hydrogen) atoms. The van der Waals surface area contributed by atoms with Crippen molar-refractivity contribution in [2.45, 2.75) is 25.4 Å². The van der Waals surface area contributed by atoms with E-state index in [1.165, 1.54) is 12.3 Å². The molecule has 0 saturated carbocycles. The third kappa shape index (κ3) is 4.56. The van der Waals surface area contributed by atoms with Crippen LogP contribution in [0, 0.1) is 0 Å². The van der Waals surface area contributed by atoms with Gasteiger partial charge in [-0.1, -0.05) is 0 Å². The highest BCUT2D eigenvalue weighted by molar-refractivity contribution is 5.90. The number of morpholine rings is 1. The van der Waals surface area contributed by atoms with E-state index in [4.69, 9.17) is 4.74 Å². The van der Waals surface area contributed by atoms with Gasteiger partial charge in [0.05, 0.1) is 13.2 Å². The number of carbonyl (C=O) groups excluding carboxylic acids is 1. The van der Waals surface area contributed by atoms with Crippen molar-refractivity contribution in [3.05, 3.63) is 12.3 Å². The number of nitrogens with one attached hydrogen (secondary N) is 2. The van der Waals surface area contributed by atoms with E-state index >= 15 is 0 Å². The number of rotatable bonds is 5. The highest BCUT2D eigenvalue weighted by Gasteiger charge is 2.17. The Kier molecular flexibility index (Phi) is 4.80. The van der Waals surface area contributed by atoms with Crippen molar-refractivity contribution in [2.75, 3.05) is 25.1 Å². The molecular formula is C11H16F2N4O2. The zero-order valence-corrected chi connectivity index (χ0v) is 10.3. The van der Waals surface area contributed by atoms with Crippen LogP contribution in [0.15, 0.2) is 12.3 Å². The van der Waals surface area contributed by atoms with Gasteiger partial charge < -0.3 is 15.4 Å². The minimum Gasteiger partial charge on any atom is -0.378 e. The predicted octanol–water partition coefficient (Wildman–Crippen LogP) is 0.465. The van der Waals surface area contributed by atoms with E-state index < -0.39 is 13.0 Å². The lowest BCUT2D eigenvalue weighted by atomic mass is 10.2. The van der Waals surface area contributed by atoms with Gasteiger partial charge in [0, 0.05) is 31.3 Å². The molecule has 1 aliphatic rings. The Bertz CT molecular complexity index is 419. The van der Waals surface area contributed by atoms with Crippen LogP contribution in [0.2, 0.25) is 0 Å². The summed E-state index contributed by atoms with van der Waals surface area (Å²) in [6.45, 7) is 1.39. The smallest absolute Gasteiger partial charge is 0.257 e. The second kappa shape index (κ2) is 6.58. The molecule has 0 bridgehead atoms. The molecule has 8 heteroatoms. The van der Waals surface area contributed by atoms with E-state index in [1.54, 1.807) is 0 Å². The molecule has 1 aromatic heterocycles. The average Bonchev–Trinajstić information content (AvgIpc) is 2.76. The SMILES string of the molecule is O=C(CC1COCCN1)Nc1ccn(CC(F)F)n1. The normalized spacial score (nSPS) is 19.6. The minimum atomic E-state index is -2.47. The highest BCUT2D eigenvalue weighted by atomic mass is 19.3. The summed E-state index contributed by atoms with van der Waals surface area (Å²) in [5.41, 5.74) is 0. The number of nitrogens with zero attached hydrogens (tertiary/aromatic N) is 2. The highest BCUT2D eigenvalue weighted by Crippen LogP contribution is 2.07. The summed E-state index contributed by atoms with van der Waals surface area (Å²) in [4.78, 5) is 11.7. The number of aromatic nitrogens is 2. The molecule has 1 saturated heterocycles. The van der Waals surface area contributed by atoms with Crippen LogP contribution in [0.3, 0.4) is 0 Å². The van der Waals surface area contributed by atoms with Crippen molar-refractivity contribution in [3.8, 4) is 0 Å². The van der Waals surface area contributed by atoms with E-state index in [1.807, 2.05) is 0 Å². The Morgan fingerprint density at radius 2 is 2.53 bits per heavy atom. The topological polar surface area (TPSA) is 68.2 Å². The second-order valence-corrected chi connectivity index (χ2v) is 4.29. The fraction of sp³-hybridized carbons (Fsp3) is 0.636. The van der Waals surface area contributed by atoms with Crippen LogP contribution in [0.25, 0.3) is 0 Å². The van der Waals surface area contributed by atoms with Gasteiger partial charge in [-0.2, -0.15) is 5.10 Å². The van der Waals surface area contributed by atoms with Gasteiger partial charge in [0.1, 0.15) is 6.54 Å². The van der Waals surface area contributed by atoms with Gasteiger partial charge in [-0.15, -0.1) is 0 Å². The van der Waals surface area contributed by atoms with E-state index in [2.05, 4.69) is 15.7 Å². The molecular weight excluding hydrogens is 258 g/mol. The maximum absolute atomic E-state index is 12.1. The van der Waals surface area contributed by atoms with Gasteiger partial charge in [-0.25, -0.2) is 8.78 Å². The molecule has 6 nitrogen and oxygen atoms in total. The third-order valence-corrected chi connectivity index (χ3v) is 2.66. The van der Waals surface area contributed by atoms with Crippen LogP contribution < -0.4 is 10.6 Å².